The van der Waals surface area contributed by atoms with E-state index in [-0.39, 0.29) is 23.9 Å². The van der Waals surface area contributed by atoms with E-state index >= 15 is 0 Å². The van der Waals surface area contributed by atoms with Crippen LogP contribution in [0.4, 0.5) is 11.4 Å². The van der Waals surface area contributed by atoms with Gasteiger partial charge in [-0.25, -0.2) is 9.78 Å². The first kappa shape index (κ1) is 18.2. The van der Waals surface area contributed by atoms with Crippen molar-refractivity contribution in [1.82, 2.24) is 9.97 Å². The standard InChI is InChI=1S/C20H22N4O4/c1-27-18-9-14-12(7-17(18)24-5-3-4-6-24)13(8-19(25)23-14)15-10-22-16(11-21-15)20(26)28-2/h7,9-11,13H,3-6,8H2,1-2H3,(H,23,25). The number of hydrogen-bond acceptors (Lipinski definition) is 7. The van der Waals surface area contributed by atoms with Crippen molar-refractivity contribution < 1.29 is 19.1 Å². The quantitative estimate of drug-likeness (QED) is 0.811. The summed E-state index contributed by atoms with van der Waals surface area (Å²) >= 11 is 0. The van der Waals surface area contributed by atoms with Gasteiger partial charge in [-0.15, -0.1) is 0 Å². The van der Waals surface area contributed by atoms with Crippen LogP contribution in [-0.2, 0) is 9.53 Å². The Morgan fingerprint density at radius 1 is 1.18 bits per heavy atom. The van der Waals surface area contributed by atoms with E-state index in [9.17, 15) is 9.59 Å². The largest absolute Gasteiger partial charge is 0.495 e. The van der Waals surface area contributed by atoms with Crippen LogP contribution in [0.3, 0.4) is 0 Å². The highest BCUT2D eigenvalue weighted by Crippen LogP contribution is 2.43. The van der Waals surface area contributed by atoms with E-state index in [1.807, 2.05) is 6.07 Å². The molecule has 4 rings (SSSR count). The van der Waals surface area contributed by atoms with Gasteiger partial charge in [0.2, 0.25) is 5.91 Å². The lowest BCUT2D eigenvalue weighted by molar-refractivity contribution is -0.116. The molecule has 0 aliphatic carbocycles. The first-order chi connectivity index (χ1) is 13.6. The van der Waals surface area contributed by atoms with Crippen LogP contribution < -0.4 is 15.0 Å². The molecule has 1 aromatic carbocycles. The van der Waals surface area contributed by atoms with Crippen molar-refractivity contribution in [3.05, 3.63) is 41.5 Å². The zero-order valence-corrected chi connectivity index (χ0v) is 15.9. The fraction of sp³-hybridized carbons (Fsp3) is 0.400. The molecule has 0 bridgehead atoms. The summed E-state index contributed by atoms with van der Waals surface area (Å²) in [5.41, 5.74) is 3.50. The van der Waals surface area contributed by atoms with Crippen LogP contribution in [0.25, 0.3) is 0 Å². The Bertz CT molecular complexity index is 907. The number of nitrogens with zero attached hydrogens (tertiary/aromatic N) is 3. The summed E-state index contributed by atoms with van der Waals surface area (Å²) in [6.07, 6.45) is 5.50. The van der Waals surface area contributed by atoms with Gasteiger partial charge in [-0.2, -0.15) is 0 Å². The van der Waals surface area contributed by atoms with Gasteiger partial charge in [0.15, 0.2) is 5.69 Å². The van der Waals surface area contributed by atoms with E-state index in [2.05, 4.69) is 31.0 Å². The molecular formula is C20H22N4O4. The first-order valence-electron chi connectivity index (χ1n) is 9.27. The number of methoxy groups -OCH3 is 2. The zero-order valence-electron chi connectivity index (χ0n) is 15.9. The van der Waals surface area contributed by atoms with Crippen molar-refractivity contribution in [3.63, 3.8) is 0 Å². The molecule has 146 valence electrons. The van der Waals surface area contributed by atoms with Crippen LogP contribution in [0.1, 0.15) is 46.9 Å². The Morgan fingerprint density at radius 2 is 1.96 bits per heavy atom. The lowest BCUT2D eigenvalue weighted by Crippen LogP contribution is -2.26. The van der Waals surface area contributed by atoms with Gasteiger partial charge in [-0.3, -0.25) is 9.78 Å². The third kappa shape index (κ3) is 3.26. The molecule has 1 N–H and O–H groups in total. The van der Waals surface area contributed by atoms with Crippen LogP contribution in [0.2, 0.25) is 0 Å². The van der Waals surface area contributed by atoms with Crippen molar-refractivity contribution in [2.45, 2.75) is 25.2 Å². The van der Waals surface area contributed by atoms with Crippen LogP contribution in [0, 0.1) is 0 Å². The Balaban J connectivity index is 1.75. The Kier molecular flexibility index (Phi) is 4.85. The van der Waals surface area contributed by atoms with Gasteiger partial charge in [0.1, 0.15) is 5.75 Å². The Labute approximate surface area is 162 Å². The second-order valence-corrected chi connectivity index (χ2v) is 6.93. The molecule has 1 unspecified atom stereocenters. The number of amides is 1. The average molecular weight is 382 g/mol. The number of hydrogen-bond donors (Lipinski definition) is 1. The molecule has 28 heavy (non-hydrogen) atoms. The van der Waals surface area contributed by atoms with E-state index in [0.29, 0.717) is 5.69 Å². The summed E-state index contributed by atoms with van der Waals surface area (Å²) in [6.45, 7) is 1.97. The van der Waals surface area contributed by atoms with E-state index in [4.69, 9.17) is 4.74 Å². The minimum absolute atomic E-state index is 0.0904. The second kappa shape index (κ2) is 7.46. The molecule has 1 saturated heterocycles. The molecule has 2 aromatic rings. The third-order valence-corrected chi connectivity index (χ3v) is 5.26. The van der Waals surface area contributed by atoms with Crippen LogP contribution in [-0.4, -0.2) is 49.2 Å². The lowest BCUT2D eigenvalue weighted by Gasteiger charge is -2.29. The molecule has 0 spiro atoms. The summed E-state index contributed by atoms with van der Waals surface area (Å²) in [4.78, 5) is 34.7. The van der Waals surface area contributed by atoms with Gasteiger partial charge in [-0.1, -0.05) is 0 Å². The number of nitrogens with one attached hydrogen (secondary N) is 1. The van der Waals surface area contributed by atoms with Gasteiger partial charge >= 0.3 is 5.97 Å². The van der Waals surface area contributed by atoms with Crippen LogP contribution in [0.15, 0.2) is 24.5 Å². The minimum Gasteiger partial charge on any atom is -0.495 e. The van der Waals surface area contributed by atoms with Crippen molar-refractivity contribution in [1.29, 1.82) is 0 Å². The molecule has 1 atom stereocenters. The van der Waals surface area contributed by atoms with E-state index < -0.39 is 5.97 Å². The SMILES string of the molecule is COC(=O)c1cnc(C2CC(=O)Nc3cc(OC)c(N4CCCC4)cc32)cn1. The average Bonchev–Trinajstić information content (AvgIpc) is 3.26. The molecule has 8 heteroatoms. The minimum atomic E-state index is -0.540. The molecule has 8 nitrogen and oxygen atoms in total. The van der Waals surface area contributed by atoms with Crippen LogP contribution in [0.5, 0.6) is 5.75 Å². The number of benzene rings is 1. The van der Waals surface area contributed by atoms with Gasteiger partial charge in [0, 0.05) is 37.2 Å². The van der Waals surface area contributed by atoms with Crippen molar-refractivity contribution in [2.75, 3.05) is 37.5 Å². The summed E-state index contributed by atoms with van der Waals surface area (Å²) in [5, 5.41) is 2.93. The first-order valence-corrected chi connectivity index (χ1v) is 9.27. The predicted molar refractivity (Wildman–Crippen MR) is 103 cm³/mol. The molecular weight excluding hydrogens is 360 g/mol. The zero-order chi connectivity index (χ0) is 19.7. The van der Waals surface area contributed by atoms with E-state index in [0.717, 1.165) is 48.6 Å². The van der Waals surface area contributed by atoms with E-state index in [1.54, 1.807) is 13.3 Å². The molecule has 1 fully saturated rings. The molecule has 2 aliphatic rings. The molecule has 1 amide bonds. The third-order valence-electron chi connectivity index (χ3n) is 5.26. The van der Waals surface area contributed by atoms with Gasteiger partial charge < -0.3 is 19.7 Å². The number of ether oxygens (including phenoxy) is 2. The Morgan fingerprint density at radius 3 is 2.61 bits per heavy atom. The summed E-state index contributed by atoms with van der Waals surface area (Å²) in [5.74, 6) is -0.127. The number of rotatable bonds is 4. The maximum Gasteiger partial charge on any atom is 0.358 e. The predicted octanol–water partition coefficient (Wildman–Crippen LogP) is 2.35. The monoisotopic (exact) mass is 382 g/mol. The number of carbonyl (C=O) groups excluding carboxylic acids is 2. The smallest absolute Gasteiger partial charge is 0.358 e. The fourth-order valence-corrected chi connectivity index (χ4v) is 3.84. The highest BCUT2D eigenvalue weighted by atomic mass is 16.5. The number of anilines is 2. The van der Waals surface area contributed by atoms with Crippen molar-refractivity contribution in [3.8, 4) is 5.75 Å². The number of aromatic nitrogens is 2. The van der Waals surface area contributed by atoms with Crippen LogP contribution >= 0.6 is 0 Å². The lowest BCUT2D eigenvalue weighted by atomic mass is 9.87. The van der Waals surface area contributed by atoms with Gasteiger partial charge in [0.25, 0.3) is 0 Å². The van der Waals surface area contributed by atoms with Gasteiger partial charge in [0.05, 0.1) is 38.0 Å². The summed E-state index contributed by atoms with van der Waals surface area (Å²) in [7, 11) is 2.94. The maximum absolute atomic E-state index is 12.3. The number of carbonyl (C=O) groups is 2. The Hall–Kier alpha value is -3.16. The number of esters is 1. The summed E-state index contributed by atoms with van der Waals surface area (Å²) in [6, 6.07) is 3.96. The molecule has 1 aromatic heterocycles. The van der Waals surface area contributed by atoms with Crippen molar-refractivity contribution >= 4 is 23.3 Å². The maximum atomic E-state index is 12.3. The van der Waals surface area contributed by atoms with Gasteiger partial charge in [-0.05, 0) is 24.5 Å². The second-order valence-electron chi connectivity index (χ2n) is 6.93. The molecule has 0 radical (unpaired) electrons. The highest BCUT2D eigenvalue weighted by Gasteiger charge is 2.30. The highest BCUT2D eigenvalue weighted by molar-refractivity contribution is 5.96. The molecule has 3 heterocycles. The topological polar surface area (TPSA) is 93.6 Å². The fourth-order valence-electron chi connectivity index (χ4n) is 3.84. The number of fused-ring (bicyclic) bond motifs is 1. The van der Waals surface area contributed by atoms with E-state index in [1.165, 1.54) is 13.3 Å². The molecule has 0 saturated carbocycles. The summed E-state index contributed by atoms with van der Waals surface area (Å²) < 4.78 is 10.3. The molecule has 2 aliphatic heterocycles. The normalized spacial score (nSPS) is 18.4. The van der Waals surface area contributed by atoms with Crippen molar-refractivity contribution in [2.24, 2.45) is 0 Å².